The largest absolute Gasteiger partial charge is 0.482 e. The van der Waals surface area contributed by atoms with E-state index < -0.39 is 5.82 Å². The molecule has 2 aromatic carbocycles. The number of nitrogens with zero attached hydrogens (tertiary/aromatic N) is 2. The Morgan fingerprint density at radius 2 is 2.21 bits per heavy atom. The second-order valence-electron chi connectivity index (χ2n) is 6.59. The number of rotatable bonds is 6. The summed E-state index contributed by atoms with van der Waals surface area (Å²) in [4.78, 5) is 18.9. The predicted molar refractivity (Wildman–Crippen MR) is 113 cm³/mol. The molecule has 0 bridgehead atoms. The molecule has 5 nitrogen and oxygen atoms in total. The predicted octanol–water partition coefficient (Wildman–Crippen LogP) is 5.33. The van der Waals surface area contributed by atoms with Crippen molar-refractivity contribution in [2.75, 3.05) is 24.7 Å². The second kappa shape index (κ2) is 8.83. The van der Waals surface area contributed by atoms with Crippen LogP contribution in [0.25, 0.3) is 10.2 Å². The van der Waals surface area contributed by atoms with Gasteiger partial charge in [-0.05, 0) is 43.2 Å². The van der Waals surface area contributed by atoms with Gasteiger partial charge >= 0.3 is 0 Å². The number of hydrogen-bond donors (Lipinski definition) is 0. The smallest absolute Gasteiger partial charge is 0.266 e. The molecule has 1 fully saturated rings. The highest BCUT2D eigenvalue weighted by Gasteiger charge is 2.27. The summed E-state index contributed by atoms with van der Waals surface area (Å²) in [5, 5.41) is 1.21. The summed E-state index contributed by atoms with van der Waals surface area (Å²) >= 11 is 13.3. The first kappa shape index (κ1) is 20.3. The van der Waals surface area contributed by atoms with Crippen molar-refractivity contribution in [2.45, 2.75) is 18.9 Å². The summed E-state index contributed by atoms with van der Waals surface area (Å²) < 4.78 is 26.0. The maximum absolute atomic E-state index is 14.1. The van der Waals surface area contributed by atoms with E-state index in [0.717, 1.165) is 12.8 Å². The van der Waals surface area contributed by atoms with Crippen LogP contribution in [0.5, 0.6) is 5.75 Å². The Morgan fingerprint density at radius 3 is 2.93 bits per heavy atom. The third-order valence-electron chi connectivity index (χ3n) is 4.55. The number of thiazole rings is 1. The number of benzene rings is 2. The summed E-state index contributed by atoms with van der Waals surface area (Å²) in [5.41, 5.74) is 0.249. The molecular formula is C20H17Cl2FN2O3S. The molecule has 0 saturated carbocycles. The molecule has 1 unspecified atom stereocenters. The summed E-state index contributed by atoms with van der Waals surface area (Å²) in [7, 11) is 0. The highest BCUT2D eigenvalue weighted by atomic mass is 35.5. The van der Waals surface area contributed by atoms with Crippen LogP contribution in [-0.2, 0) is 9.53 Å². The molecule has 1 aromatic heterocycles. The number of para-hydroxylation sites is 1. The van der Waals surface area contributed by atoms with Crippen molar-refractivity contribution < 1.29 is 18.7 Å². The van der Waals surface area contributed by atoms with Crippen LogP contribution in [0.2, 0.25) is 10.0 Å². The van der Waals surface area contributed by atoms with Gasteiger partial charge in [-0.1, -0.05) is 40.6 Å². The molecule has 1 aliphatic rings. The van der Waals surface area contributed by atoms with Crippen molar-refractivity contribution in [3.05, 3.63) is 52.3 Å². The van der Waals surface area contributed by atoms with Gasteiger partial charge < -0.3 is 9.47 Å². The van der Waals surface area contributed by atoms with Crippen LogP contribution in [-0.4, -0.2) is 36.8 Å². The van der Waals surface area contributed by atoms with Crippen molar-refractivity contribution in [1.29, 1.82) is 0 Å². The molecule has 4 rings (SSSR count). The van der Waals surface area contributed by atoms with Crippen molar-refractivity contribution in [3.8, 4) is 5.75 Å². The molecule has 1 atom stereocenters. The van der Waals surface area contributed by atoms with Gasteiger partial charge in [0.1, 0.15) is 17.1 Å². The van der Waals surface area contributed by atoms with Crippen LogP contribution in [0.3, 0.4) is 0 Å². The normalized spacial score (nSPS) is 16.3. The molecule has 152 valence electrons. The first-order valence-electron chi connectivity index (χ1n) is 9.06. The van der Waals surface area contributed by atoms with E-state index >= 15 is 0 Å². The standard InChI is InChI=1S/C20H17Cl2FN2O3S/c21-12-6-7-16(14(22)9-12)28-11-18(26)25(10-13-3-2-8-27-13)20-24-19-15(23)4-1-5-17(19)29-20/h1,4-7,9,13H,2-3,8,10-11H2. The van der Waals surface area contributed by atoms with E-state index in [4.69, 9.17) is 32.7 Å². The number of hydrogen-bond acceptors (Lipinski definition) is 5. The van der Waals surface area contributed by atoms with Gasteiger partial charge in [0.2, 0.25) is 0 Å². The van der Waals surface area contributed by atoms with Gasteiger partial charge in [-0.3, -0.25) is 9.69 Å². The van der Waals surface area contributed by atoms with Crippen molar-refractivity contribution in [1.82, 2.24) is 4.98 Å². The van der Waals surface area contributed by atoms with E-state index in [9.17, 15) is 9.18 Å². The first-order valence-corrected chi connectivity index (χ1v) is 10.6. The van der Waals surface area contributed by atoms with E-state index in [1.54, 1.807) is 30.3 Å². The average Bonchev–Trinajstić information content (AvgIpc) is 3.35. The molecule has 29 heavy (non-hydrogen) atoms. The molecular weight excluding hydrogens is 438 g/mol. The van der Waals surface area contributed by atoms with Gasteiger partial charge in [0.05, 0.1) is 22.4 Å². The Kier molecular flexibility index (Phi) is 6.20. The van der Waals surface area contributed by atoms with Gasteiger partial charge in [-0.2, -0.15) is 0 Å². The lowest BCUT2D eigenvalue weighted by molar-refractivity contribution is -0.120. The van der Waals surface area contributed by atoms with Crippen LogP contribution < -0.4 is 9.64 Å². The Bertz CT molecular complexity index is 1040. The van der Waals surface area contributed by atoms with E-state index in [2.05, 4.69) is 4.98 Å². The van der Waals surface area contributed by atoms with Crippen LogP contribution in [0, 0.1) is 5.82 Å². The second-order valence-corrected chi connectivity index (χ2v) is 8.44. The summed E-state index contributed by atoms with van der Waals surface area (Å²) in [6.07, 6.45) is 1.71. The fourth-order valence-corrected chi connectivity index (χ4v) is 4.58. The monoisotopic (exact) mass is 454 g/mol. The number of halogens is 3. The quantitative estimate of drug-likeness (QED) is 0.504. The SMILES string of the molecule is O=C(COc1ccc(Cl)cc1Cl)N(CC1CCCO1)c1nc2c(F)cccc2s1. The zero-order valence-corrected chi connectivity index (χ0v) is 17.6. The fourth-order valence-electron chi connectivity index (χ4n) is 3.11. The maximum atomic E-state index is 14.1. The Labute approximate surface area is 180 Å². The molecule has 0 radical (unpaired) electrons. The zero-order valence-electron chi connectivity index (χ0n) is 15.2. The molecule has 1 aliphatic heterocycles. The van der Waals surface area contributed by atoms with Crippen LogP contribution in [0.15, 0.2) is 36.4 Å². The fraction of sp³-hybridized carbons (Fsp3) is 0.300. The number of anilines is 1. The van der Waals surface area contributed by atoms with E-state index in [0.29, 0.717) is 38.8 Å². The van der Waals surface area contributed by atoms with Gasteiger partial charge in [0.25, 0.3) is 5.91 Å². The summed E-state index contributed by atoms with van der Waals surface area (Å²) in [5.74, 6) is -0.374. The van der Waals surface area contributed by atoms with Crippen LogP contribution >= 0.6 is 34.5 Å². The minimum atomic E-state index is -0.418. The lowest BCUT2D eigenvalue weighted by Gasteiger charge is -2.23. The zero-order chi connectivity index (χ0) is 20.4. The number of amides is 1. The highest BCUT2D eigenvalue weighted by Crippen LogP contribution is 2.32. The molecule has 0 N–H and O–H groups in total. The molecule has 1 saturated heterocycles. The van der Waals surface area contributed by atoms with Gasteiger partial charge in [0, 0.05) is 11.6 Å². The molecule has 9 heteroatoms. The first-order chi connectivity index (χ1) is 14.0. The summed E-state index contributed by atoms with van der Waals surface area (Å²) in [6.45, 7) is 0.752. The summed E-state index contributed by atoms with van der Waals surface area (Å²) in [6, 6.07) is 9.53. The molecule has 0 spiro atoms. The number of carbonyl (C=O) groups excluding carboxylic acids is 1. The topological polar surface area (TPSA) is 51.7 Å². The van der Waals surface area contributed by atoms with Crippen LogP contribution in [0.1, 0.15) is 12.8 Å². The minimum Gasteiger partial charge on any atom is -0.482 e. The lowest BCUT2D eigenvalue weighted by Crippen LogP contribution is -2.40. The minimum absolute atomic E-state index is 0.0880. The molecule has 0 aliphatic carbocycles. The Hall–Kier alpha value is -1.93. The maximum Gasteiger partial charge on any atom is 0.266 e. The molecule has 1 amide bonds. The third kappa shape index (κ3) is 4.64. The Balaban J connectivity index is 1.56. The number of aromatic nitrogens is 1. The van der Waals surface area contributed by atoms with Gasteiger partial charge in [0.15, 0.2) is 11.7 Å². The van der Waals surface area contributed by atoms with Crippen LogP contribution in [0.4, 0.5) is 9.52 Å². The lowest BCUT2D eigenvalue weighted by atomic mass is 10.2. The van der Waals surface area contributed by atoms with E-state index in [1.807, 2.05) is 0 Å². The molecule has 2 heterocycles. The number of carbonyl (C=O) groups is 1. The highest BCUT2D eigenvalue weighted by molar-refractivity contribution is 7.22. The average molecular weight is 455 g/mol. The third-order valence-corrected chi connectivity index (χ3v) is 6.12. The van der Waals surface area contributed by atoms with E-state index in [1.165, 1.54) is 22.3 Å². The van der Waals surface area contributed by atoms with Crippen molar-refractivity contribution in [2.24, 2.45) is 0 Å². The molecule has 3 aromatic rings. The van der Waals surface area contributed by atoms with Gasteiger partial charge in [-0.25, -0.2) is 9.37 Å². The van der Waals surface area contributed by atoms with Crippen molar-refractivity contribution >= 4 is 55.8 Å². The number of fused-ring (bicyclic) bond motifs is 1. The van der Waals surface area contributed by atoms with E-state index in [-0.39, 0.29) is 24.1 Å². The van der Waals surface area contributed by atoms with Crippen molar-refractivity contribution in [3.63, 3.8) is 0 Å². The van der Waals surface area contributed by atoms with Gasteiger partial charge in [-0.15, -0.1) is 0 Å². The Morgan fingerprint density at radius 1 is 1.34 bits per heavy atom. The number of ether oxygens (including phenoxy) is 2.